The van der Waals surface area contributed by atoms with Crippen molar-refractivity contribution in [3.63, 3.8) is 0 Å². The van der Waals surface area contributed by atoms with Crippen LogP contribution in [0.3, 0.4) is 0 Å². The van der Waals surface area contributed by atoms with Gasteiger partial charge in [-0.25, -0.2) is 0 Å². The van der Waals surface area contributed by atoms with Crippen LogP contribution in [0.25, 0.3) is 11.1 Å². The summed E-state index contributed by atoms with van der Waals surface area (Å²) in [6.45, 7) is 3.12. The van der Waals surface area contributed by atoms with E-state index in [4.69, 9.17) is 16.3 Å². The van der Waals surface area contributed by atoms with Crippen molar-refractivity contribution in [3.8, 4) is 16.9 Å². The third-order valence-corrected chi connectivity index (χ3v) is 4.61. The number of likely N-dealkylation sites (tertiary alicyclic amines) is 1. The molecule has 0 saturated carbocycles. The van der Waals surface area contributed by atoms with Crippen molar-refractivity contribution in [2.75, 3.05) is 26.2 Å². The molecule has 4 heteroatoms. The number of aliphatic hydroxyl groups excluding tert-OH is 1. The number of ether oxygens (including phenoxy) is 1. The molecular formula is C20H24ClNO2. The number of β-amino-alcohol motifs (C(OH)–C–C–N with tert-alkyl or cyclic N) is 1. The molecule has 1 fully saturated rings. The van der Waals surface area contributed by atoms with Crippen molar-refractivity contribution in [1.82, 2.24) is 4.90 Å². The van der Waals surface area contributed by atoms with E-state index >= 15 is 0 Å². The molecule has 1 aliphatic rings. The number of benzene rings is 2. The molecule has 1 unspecified atom stereocenters. The third-order valence-electron chi connectivity index (χ3n) is 4.38. The van der Waals surface area contributed by atoms with Crippen LogP contribution >= 0.6 is 11.6 Å². The number of piperidine rings is 1. The molecule has 0 radical (unpaired) electrons. The fourth-order valence-electron chi connectivity index (χ4n) is 3.15. The van der Waals surface area contributed by atoms with Crippen molar-refractivity contribution < 1.29 is 9.84 Å². The maximum Gasteiger partial charge on any atom is 0.127 e. The fraction of sp³-hybridized carbons (Fsp3) is 0.400. The maximum atomic E-state index is 10.3. The number of aliphatic hydroxyl groups is 1. The van der Waals surface area contributed by atoms with Gasteiger partial charge in [-0.1, -0.05) is 48.4 Å². The van der Waals surface area contributed by atoms with Crippen molar-refractivity contribution in [1.29, 1.82) is 0 Å². The van der Waals surface area contributed by atoms with Gasteiger partial charge in [0, 0.05) is 17.1 Å². The van der Waals surface area contributed by atoms with Crippen molar-refractivity contribution in [2.24, 2.45) is 0 Å². The standard InChI is InChI=1S/C20H24ClNO2/c21-17-9-10-20(19(13-17)16-7-3-1-4-8-16)24-15-18(23)14-22-11-5-2-6-12-22/h1,3-4,7-10,13,18,23H,2,5-6,11-12,14-15H2. The average molecular weight is 346 g/mol. The van der Waals surface area contributed by atoms with Crippen LogP contribution in [-0.2, 0) is 0 Å². The molecule has 1 heterocycles. The zero-order valence-corrected chi connectivity index (χ0v) is 14.6. The molecule has 1 aliphatic heterocycles. The van der Waals surface area contributed by atoms with Gasteiger partial charge in [-0.15, -0.1) is 0 Å². The summed E-state index contributed by atoms with van der Waals surface area (Å²) in [4.78, 5) is 2.32. The maximum absolute atomic E-state index is 10.3. The predicted molar refractivity (Wildman–Crippen MR) is 98.7 cm³/mol. The molecule has 0 aromatic heterocycles. The highest BCUT2D eigenvalue weighted by molar-refractivity contribution is 6.31. The van der Waals surface area contributed by atoms with Crippen LogP contribution in [0, 0.1) is 0 Å². The normalized spacial score (nSPS) is 16.8. The van der Waals surface area contributed by atoms with E-state index in [1.54, 1.807) is 0 Å². The number of hydrogen-bond acceptors (Lipinski definition) is 3. The lowest BCUT2D eigenvalue weighted by atomic mass is 10.0. The number of hydrogen-bond donors (Lipinski definition) is 1. The molecule has 0 bridgehead atoms. The van der Waals surface area contributed by atoms with Gasteiger partial charge in [0.2, 0.25) is 0 Å². The summed E-state index contributed by atoms with van der Waals surface area (Å²) < 4.78 is 5.91. The molecule has 24 heavy (non-hydrogen) atoms. The Bertz CT molecular complexity index is 641. The lowest BCUT2D eigenvalue weighted by Gasteiger charge is -2.28. The average Bonchev–Trinajstić information content (AvgIpc) is 2.62. The highest BCUT2D eigenvalue weighted by Crippen LogP contribution is 2.32. The molecule has 1 N–H and O–H groups in total. The van der Waals surface area contributed by atoms with E-state index in [-0.39, 0.29) is 6.61 Å². The Morgan fingerprint density at radius 1 is 1.04 bits per heavy atom. The van der Waals surface area contributed by atoms with Gasteiger partial charge in [0.05, 0.1) is 0 Å². The van der Waals surface area contributed by atoms with E-state index in [9.17, 15) is 5.11 Å². The molecule has 128 valence electrons. The molecule has 3 nitrogen and oxygen atoms in total. The summed E-state index contributed by atoms with van der Waals surface area (Å²) in [6.07, 6.45) is 3.27. The lowest BCUT2D eigenvalue weighted by molar-refractivity contribution is 0.0619. The molecular weight excluding hydrogens is 322 g/mol. The SMILES string of the molecule is OC(COc1ccc(Cl)cc1-c1ccccc1)CN1CCCCC1. The first-order chi connectivity index (χ1) is 11.7. The van der Waals surface area contributed by atoms with Gasteiger partial charge in [-0.3, -0.25) is 0 Å². The smallest absolute Gasteiger partial charge is 0.127 e. The Balaban J connectivity index is 1.64. The molecule has 1 atom stereocenters. The molecule has 3 rings (SSSR count). The van der Waals surface area contributed by atoms with Crippen LogP contribution in [0.15, 0.2) is 48.5 Å². The molecule has 0 amide bonds. The van der Waals surface area contributed by atoms with Gasteiger partial charge < -0.3 is 14.7 Å². The second-order valence-electron chi connectivity index (χ2n) is 6.33. The first-order valence-electron chi connectivity index (χ1n) is 8.60. The van der Waals surface area contributed by atoms with Crippen molar-refractivity contribution in [3.05, 3.63) is 53.6 Å². The van der Waals surface area contributed by atoms with Crippen molar-refractivity contribution in [2.45, 2.75) is 25.4 Å². The number of halogens is 1. The van der Waals surface area contributed by atoms with E-state index in [0.29, 0.717) is 11.6 Å². The zero-order chi connectivity index (χ0) is 16.8. The minimum atomic E-state index is -0.484. The van der Waals surface area contributed by atoms with Crippen molar-refractivity contribution >= 4 is 11.6 Å². The Labute approximate surface area is 148 Å². The van der Waals surface area contributed by atoms with Gasteiger partial charge in [0.1, 0.15) is 18.5 Å². The second kappa shape index (κ2) is 8.52. The highest BCUT2D eigenvalue weighted by atomic mass is 35.5. The first-order valence-corrected chi connectivity index (χ1v) is 8.98. The van der Waals surface area contributed by atoms with E-state index in [2.05, 4.69) is 4.90 Å². The fourth-order valence-corrected chi connectivity index (χ4v) is 3.32. The van der Waals surface area contributed by atoms with Gasteiger partial charge >= 0.3 is 0 Å². The van der Waals surface area contributed by atoms with Gasteiger partial charge in [0.25, 0.3) is 0 Å². The Morgan fingerprint density at radius 2 is 1.79 bits per heavy atom. The van der Waals surface area contributed by atoms with Crippen LogP contribution in [0.2, 0.25) is 5.02 Å². The van der Waals surface area contributed by atoms with Crippen LogP contribution in [0.5, 0.6) is 5.75 Å². The Morgan fingerprint density at radius 3 is 2.54 bits per heavy atom. The largest absolute Gasteiger partial charge is 0.490 e. The monoisotopic (exact) mass is 345 g/mol. The predicted octanol–water partition coefficient (Wildman–Crippen LogP) is 4.23. The van der Waals surface area contributed by atoms with E-state index in [0.717, 1.165) is 30.0 Å². The van der Waals surface area contributed by atoms with Gasteiger partial charge in [0.15, 0.2) is 0 Å². The van der Waals surface area contributed by atoms with Crippen LogP contribution in [0.1, 0.15) is 19.3 Å². The Kier molecular flexibility index (Phi) is 6.13. The topological polar surface area (TPSA) is 32.7 Å². The van der Waals surface area contributed by atoms with Crippen LogP contribution < -0.4 is 4.74 Å². The molecule has 2 aromatic rings. The van der Waals surface area contributed by atoms with Gasteiger partial charge in [-0.05, 0) is 49.7 Å². The summed E-state index contributed by atoms with van der Waals surface area (Å²) in [5.74, 6) is 0.753. The number of nitrogens with zero attached hydrogens (tertiary/aromatic N) is 1. The molecule has 2 aromatic carbocycles. The van der Waals surface area contributed by atoms with Gasteiger partial charge in [-0.2, -0.15) is 0 Å². The van der Waals surface area contributed by atoms with E-state index in [1.807, 2.05) is 48.5 Å². The summed E-state index contributed by atoms with van der Waals surface area (Å²) in [5, 5.41) is 11.0. The van der Waals surface area contributed by atoms with E-state index in [1.165, 1.54) is 19.3 Å². The number of rotatable bonds is 6. The summed E-state index contributed by atoms with van der Waals surface area (Å²) in [5.41, 5.74) is 2.01. The summed E-state index contributed by atoms with van der Waals surface area (Å²) in [6, 6.07) is 15.6. The van der Waals surface area contributed by atoms with Crippen LogP contribution in [0.4, 0.5) is 0 Å². The van der Waals surface area contributed by atoms with Crippen LogP contribution in [-0.4, -0.2) is 42.4 Å². The Hall–Kier alpha value is -1.55. The molecule has 1 saturated heterocycles. The first kappa shape index (κ1) is 17.3. The minimum Gasteiger partial charge on any atom is -0.490 e. The quantitative estimate of drug-likeness (QED) is 0.850. The minimum absolute atomic E-state index is 0.290. The lowest BCUT2D eigenvalue weighted by Crippen LogP contribution is -2.38. The third kappa shape index (κ3) is 4.73. The summed E-state index contributed by atoms with van der Waals surface area (Å²) >= 11 is 6.15. The van der Waals surface area contributed by atoms with E-state index < -0.39 is 6.10 Å². The second-order valence-corrected chi connectivity index (χ2v) is 6.77. The highest BCUT2D eigenvalue weighted by Gasteiger charge is 2.16. The molecule has 0 spiro atoms. The zero-order valence-electron chi connectivity index (χ0n) is 13.8. The summed E-state index contributed by atoms with van der Waals surface area (Å²) in [7, 11) is 0. The molecule has 0 aliphatic carbocycles.